The van der Waals surface area contributed by atoms with Gasteiger partial charge in [0.25, 0.3) is 5.91 Å². The molecule has 2 heterocycles. The van der Waals surface area contributed by atoms with Crippen LogP contribution in [-0.2, 0) is 11.2 Å². The molecule has 8 nitrogen and oxygen atoms in total. The van der Waals surface area contributed by atoms with Crippen molar-refractivity contribution in [1.29, 1.82) is 0 Å². The summed E-state index contributed by atoms with van der Waals surface area (Å²) in [5.41, 5.74) is 2.18. The molecule has 0 saturated heterocycles. The Morgan fingerprint density at radius 2 is 1.84 bits per heavy atom. The minimum Gasteiger partial charge on any atom is -0.489 e. The number of nitrogens with one attached hydrogen (secondary N) is 2. The summed E-state index contributed by atoms with van der Waals surface area (Å²) in [5.74, 6) is -0.0130. The average molecular weight is 435 g/mol. The van der Waals surface area contributed by atoms with Crippen molar-refractivity contribution in [1.82, 2.24) is 15.6 Å². The highest BCUT2D eigenvalue weighted by molar-refractivity contribution is 5.94. The van der Waals surface area contributed by atoms with E-state index in [1.807, 2.05) is 6.92 Å². The predicted molar refractivity (Wildman–Crippen MR) is 121 cm³/mol. The second-order valence-electron chi connectivity index (χ2n) is 7.42. The van der Waals surface area contributed by atoms with E-state index in [1.165, 1.54) is 12.4 Å². The molecule has 0 aliphatic heterocycles. The van der Waals surface area contributed by atoms with Gasteiger partial charge in [-0.2, -0.15) is 0 Å². The largest absolute Gasteiger partial charge is 0.489 e. The van der Waals surface area contributed by atoms with E-state index in [1.54, 1.807) is 37.3 Å². The molecule has 2 aromatic heterocycles. The Kier molecular flexibility index (Phi) is 7.38. The Balaban J connectivity index is 1.59. The molecular weight excluding hydrogens is 410 g/mol. The smallest absolute Gasteiger partial charge is 0.340 e. The molecule has 0 unspecified atom stereocenters. The van der Waals surface area contributed by atoms with Gasteiger partial charge in [-0.3, -0.25) is 14.6 Å². The molecule has 3 aromatic rings. The summed E-state index contributed by atoms with van der Waals surface area (Å²) in [6.45, 7) is 8.29. The van der Waals surface area contributed by atoms with Crippen LogP contribution in [0.15, 0.2) is 64.1 Å². The van der Waals surface area contributed by atoms with Crippen LogP contribution in [-0.4, -0.2) is 36.5 Å². The number of ether oxygens (including phenoxy) is 1. The van der Waals surface area contributed by atoms with Gasteiger partial charge in [0.1, 0.15) is 17.9 Å². The second-order valence-corrected chi connectivity index (χ2v) is 7.42. The number of carbonyl (C=O) groups excluding carboxylic acids is 2. The number of hydrogen-bond acceptors (Lipinski definition) is 6. The van der Waals surface area contributed by atoms with Crippen LogP contribution >= 0.6 is 0 Å². The number of aromatic nitrogens is 1. The molecule has 0 radical (unpaired) electrons. The van der Waals surface area contributed by atoms with Crippen molar-refractivity contribution < 1.29 is 18.7 Å². The lowest BCUT2D eigenvalue weighted by Crippen LogP contribution is -2.36. The molecule has 166 valence electrons. The highest BCUT2D eigenvalue weighted by Crippen LogP contribution is 2.24. The summed E-state index contributed by atoms with van der Waals surface area (Å²) < 4.78 is 11.0. The molecule has 0 fully saturated rings. The molecule has 2 N–H and O–H groups in total. The maximum Gasteiger partial charge on any atom is 0.340 e. The molecule has 32 heavy (non-hydrogen) atoms. The summed E-state index contributed by atoms with van der Waals surface area (Å²) >= 11 is 0. The average Bonchev–Trinajstić information content (AvgIpc) is 2.78. The molecule has 3 rings (SSSR count). The first-order valence-corrected chi connectivity index (χ1v) is 10.1. The number of amides is 2. The van der Waals surface area contributed by atoms with Crippen LogP contribution in [0.4, 0.5) is 0 Å². The van der Waals surface area contributed by atoms with Crippen LogP contribution in [0.5, 0.6) is 5.75 Å². The lowest BCUT2D eigenvalue weighted by atomic mass is 10.0. The number of carbonyl (C=O) groups is 2. The molecule has 0 aliphatic carbocycles. The van der Waals surface area contributed by atoms with E-state index in [0.717, 1.165) is 11.0 Å². The van der Waals surface area contributed by atoms with E-state index in [0.29, 0.717) is 34.6 Å². The van der Waals surface area contributed by atoms with Gasteiger partial charge in [0.15, 0.2) is 0 Å². The maximum absolute atomic E-state index is 12.5. The second kappa shape index (κ2) is 10.4. The quantitative estimate of drug-likeness (QED) is 0.304. The SMILES string of the molecule is C=C(C)COc1ccc2c(C)c(CC(=O)NCCNC(=O)c3ccncc3)c(=O)oc2c1. The predicted octanol–water partition coefficient (Wildman–Crippen LogP) is 2.54. The summed E-state index contributed by atoms with van der Waals surface area (Å²) in [6.07, 6.45) is 2.95. The lowest BCUT2D eigenvalue weighted by Gasteiger charge is -2.11. The zero-order valence-corrected chi connectivity index (χ0v) is 18.1. The summed E-state index contributed by atoms with van der Waals surface area (Å²) in [5, 5.41) is 6.15. The molecule has 0 spiro atoms. The normalized spacial score (nSPS) is 10.6. The standard InChI is InChI=1S/C24H25N3O5/c1-15(2)14-31-18-4-5-19-16(3)20(24(30)32-21(19)12-18)13-22(28)26-10-11-27-23(29)17-6-8-25-9-7-17/h4-9,12H,1,10-11,13-14H2,2-3H3,(H,26,28)(H,27,29). The van der Waals surface area contributed by atoms with Gasteiger partial charge in [-0.25, -0.2) is 4.79 Å². The summed E-state index contributed by atoms with van der Waals surface area (Å²) in [4.78, 5) is 40.6. The summed E-state index contributed by atoms with van der Waals surface area (Å²) in [6, 6.07) is 8.45. The molecule has 8 heteroatoms. The van der Waals surface area contributed by atoms with Gasteiger partial charge in [-0.1, -0.05) is 6.58 Å². The van der Waals surface area contributed by atoms with Crippen molar-refractivity contribution in [3.63, 3.8) is 0 Å². The number of aryl methyl sites for hydroxylation is 1. The van der Waals surface area contributed by atoms with Crippen molar-refractivity contribution in [3.8, 4) is 5.75 Å². The summed E-state index contributed by atoms with van der Waals surface area (Å²) in [7, 11) is 0. The van der Waals surface area contributed by atoms with E-state index in [-0.39, 0.29) is 31.3 Å². The topological polar surface area (TPSA) is 111 Å². The number of rotatable bonds is 9. The first kappa shape index (κ1) is 22.7. The fourth-order valence-corrected chi connectivity index (χ4v) is 3.08. The van der Waals surface area contributed by atoms with Crippen LogP contribution < -0.4 is 21.0 Å². The van der Waals surface area contributed by atoms with Crippen LogP contribution in [0, 0.1) is 6.92 Å². The third-order valence-electron chi connectivity index (χ3n) is 4.76. The fourth-order valence-electron chi connectivity index (χ4n) is 3.08. The minimum atomic E-state index is -0.562. The molecule has 0 atom stereocenters. The first-order chi connectivity index (χ1) is 15.3. The van der Waals surface area contributed by atoms with Gasteiger partial charge in [-0.05, 0) is 49.2 Å². The molecule has 2 amide bonds. The Hall–Kier alpha value is -3.94. The Morgan fingerprint density at radius 3 is 2.56 bits per heavy atom. The molecule has 0 aliphatic rings. The van der Waals surface area contributed by atoms with Crippen molar-refractivity contribution in [2.24, 2.45) is 0 Å². The Labute approximate surface area is 185 Å². The number of fused-ring (bicyclic) bond motifs is 1. The van der Waals surface area contributed by atoms with Crippen molar-refractivity contribution in [3.05, 3.63) is 82.0 Å². The van der Waals surface area contributed by atoms with Crippen LogP contribution in [0.2, 0.25) is 0 Å². The van der Waals surface area contributed by atoms with Gasteiger partial charge in [0.05, 0.1) is 12.0 Å². The van der Waals surface area contributed by atoms with Crippen LogP contribution in [0.3, 0.4) is 0 Å². The van der Waals surface area contributed by atoms with Gasteiger partial charge in [0.2, 0.25) is 5.91 Å². The van der Waals surface area contributed by atoms with Gasteiger partial charge < -0.3 is 19.8 Å². The van der Waals surface area contributed by atoms with Crippen molar-refractivity contribution in [2.45, 2.75) is 20.3 Å². The van der Waals surface area contributed by atoms with Crippen LogP contribution in [0.25, 0.3) is 11.0 Å². The van der Waals surface area contributed by atoms with E-state index >= 15 is 0 Å². The highest BCUT2D eigenvalue weighted by atomic mass is 16.5. The van der Waals surface area contributed by atoms with E-state index in [9.17, 15) is 14.4 Å². The molecular formula is C24H25N3O5. The third kappa shape index (κ3) is 5.81. The maximum atomic E-state index is 12.5. The monoisotopic (exact) mass is 435 g/mol. The number of nitrogens with zero attached hydrogens (tertiary/aromatic N) is 1. The van der Waals surface area contributed by atoms with E-state index in [4.69, 9.17) is 9.15 Å². The van der Waals surface area contributed by atoms with Crippen molar-refractivity contribution >= 4 is 22.8 Å². The molecule has 0 saturated carbocycles. The van der Waals surface area contributed by atoms with Crippen LogP contribution in [0.1, 0.15) is 28.4 Å². The van der Waals surface area contributed by atoms with Gasteiger partial charge >= 0.3 is 5.63 Å². The third-order valence-corrected chi connectivity index (χ3v) is 4.76. The number of hydrogen-bond donors (Lipinski definition) is 2. The molecule has 0 bridgehead atoms. The van der Waals surface area contributed by atoms with E-state index < -0.39 is 5.63 Å². The van der Waals surface area contributed by atoms with E-state index in [2.05, 4.69) is 22.2 Å². The van der Waals surface area contributed by atoms with Gasteiger partial charge in [0, 0.05) is 42.5 Å². The van der Waals surface area contributed by atoms with Gasteiger partial charge in [-0.15, -0.1) is 0 Å². The highest BCUT2D eigenvalue weighted by Gasteiger charge is 2.15. The van der Waals surface area contributed by atoms with Crippen molar-refractivity contribution in [2.75, 3.05) is 19.7 Å². The number of benzene rings is 1. The molecule has 1 aromatic carbocycles. The lowest BCUT2D eigenvalue weighted by molar-refractivity contribution is -0.120. The zero-order valence-electron chi connectivity index (χ0n) is 18.1. The Bertz CT molecular complexity index is 1200. The number of pyridine rings is 1. The first-order valence-electron chi connectivity index (χ1n) is 10.1. The Morgan fingerprint density at radius 1 is 1.12 bits per heavy atom. The minimum absolute atomic E-state index is 0.115. The fraction of sp³-hybridized carbons (Fsp3) is 0.250. The zero-order chi connectivity index (χ0) is 23.1.